The fraction of sp³-hybridized carbons (Fsp3) is 0.467. The number of nitrogens with two attached hydrogens (primary N) is 1. The molecule has 2 unspecified atom stereocenters. The highest BCUT2D eigenvalue weighted by Crippen LogP contribution is 2.32. The van der Waals surface area contributed by atoms with E-state index < -0.39 is 6.09 Å². The van der Waals surface area contributed by atoms with Gasteiger partial charge in [0, 0.05) is 30.6 Å². The average molecular weight is 402 g/mol. The highest BCUT2D eigenvalue weighted by Gasteiger charge is 2.29. The zero-order valence-electron chi connectivity index (χ0n) is 12.7. The summed E-state index contributed by atoms with van der Waals surface area (Å²) in [5, 5.41) is 4.72. The number of nitrogens with zero attached hydrogens (tertiary/aromatic N) is 2. The van der Waals surface area contributed by atoms with E-state index in [1.807, 2.05) is 7.05 Å². The van der Waals surface area contributed by atoms with Crippen molar-refractivity contribution in [1.82, 2.24) is 14.9 Å². The Bertz CT molecular complexity index is 749. The first kappa shape index (κ1) is 16.5. The molecule has 0 radical (unpaired) electrons. The molecular weight excluding hydrogens is 384 g/mol. The van der Waals surface area contributed by atoms with Gasteiger partial charge in [0.2, 0.25) is 0 Å². The molecule has 8 heteroatoms. The van der Waals surface area contributed by atoms with Crippen LogP contribution >= 0.6 is 27.5 Å². The summed E-state index contributed by atoms with van der Waals surface area (Å²) in [4.78, 5) is 15.3. The number of fused-ring (bicyclic) bond motifs is 1. The van der Waals surface area contributed by atoms with Crippen LogP contribution in [0.15, 0.2) is 16.7 Å². The van der Waals surface area contributed by atoms with Gasteiger partial charge in [-0.2, -0.15) is 0 Å². The van der Waals surface area contributed by atoms with Crippen molar-refractivity contribution >= 4 is 44.5 Å². The van der Waals surface area contributed by atoms with Gasteiger partial charge in [-0.1, -0.05) is 11.6 Å². The van der Waals surface area contributed by atoms with E-state index in [0.717, 1.165) is 40.5 Å². The number of carbonyl (C=O) groups excluding carboxylic acids is 1. The number of pyridine rings is 1. The zero-order valence-corrected chi connectivity index (χ0v) is 15.0. The van der Waals surface area contributed by atoms with Gasteiger partial charge in [-0.05, 0) is 41.4 Å². The highest BCUT2D eigenvalue weighted by molar-refractivity contribution is 9.10. The van der Waals surface area contributed by atoms with Crippen molar-refractivity contribution in [3.63, 3.8) is 0 Å². The van der Waals surface area contributed by atoms with E-state index in [1.54, 1.807) is 6.20 Å². The fourth-order valence-corrected chi connectivity index (χ4v) is 3.73. The van der Waals surface area contributed by atoms with Crippen molar-refractivity contribution in [2.45, 2.75) is 18.9 Å². The maximum Gasteiger partial charge on any atom is 0.404 e. The molecule has 0 spiro atoms. The predicted molar refractivity (Wildman–Crippen MR) is 92.6 cm³/mol. The molecule has 3 N–H and O–H groups in total. The minimum atomic E-state index is -0.723. The van der Waals surface area contributed by atoms with Gasteiger partial charge in [-0.15, -0.1) is 0 Å². The number of primary amides is 1. The molecule has 6 nitrogen and oxygen atoms in total. The number of nitrogens with one attached hydrogen (secondary N) is 1. The predicted octanol–water partition coefficient (Wildman–Crippen LogP) is 2.61. The smallest absolute Gasteiger partial charge is 0.404 e. The number of aryl methyl sites for hydroxylation is 1. The van der Waals surface area contributed by atoms with Gasteiger partial charge in [0.05, 0.1) is 16.2 Å². The lowest BCUT2D eigenvalue weighted by Gasteiger charge is -2.31. The van der Waals surface area contributed by atoms with Crippen LogP contribution in [0.3, 0.4) is 0 Å². The van der Waals surface area contributed by atoms with Crippen molar-refractivity contribution in [3.8, 4) is 0 Å². The fourth-order valence-electron chi connectivity index (χ4n) is 3.16. The molecule has 23 heavy (non-hydrogen) atoms. The second kappa shape index (κ2) is 6.67. The number of carbonyl (C=O) groups is 1. The van der Waals surface area contributed by atoms with E-state index in [1.165, 1.54) is 0 Å². The third-order valence-corrected chi connectivity index (χ3v) is 5.72. The van der Waals surface area contributed by atoms with E-state index in [0.29, 0.717) is 11.7 Å². The van der Waals surface area contributed by atoms with Crippen LogP contribution in [0, 0.1) is 5.92 Å². The molecule has 1 fully saturated rings. The zero-order chi connectivity index (χ0) is 16.6. The Kier molecular flexibility index (Phi) is 4.79. The Labute approximate surface area is 147 Å². The van der Waals surface area contributed by atoms with Crippen molar-refractivity contribution in [1.29, 1.82) is 0 Å². The van der Waals surface area contributed by atoms with Crippen LogP contribution in [0.1, 0.15) is 12.1 Å². The summed E-state index contributed by atoms with van der Waals surface area (Å²) in [6, 6.07) is 2.11. The highest BCUT2D eigenvalue weighted by atomic mass is 79.9. The van der Waals surface area contributed by atoms with Crippen LogP contribution in [0.25, 0.3) is 10.9 Å². The number of ether oxygens (including phenoxy) is 1. The lowest BCUT2D eigenvalue weighted by molar-refractivity contribution is 0.0514. The van der Waals surface area contributed by atoms with Gasteiger partial charge < -0.3 is 20.4 Å². The van der Waals surface area contributed by atoms with Gasteiger partial charge in [-0.3, -0.25) is 0 Å². The summed E-state index contributed by atoms with van der Waals surface area (Å²) < 4.78 is 8.16. The Morgan fingerprint density at radius 1 is 1.65 bits per heavy atom. The molecule has 1 amide bonds. The number of halogens is 2. The number of rotatable bonds is 3. The van der Waals surface area contributed by atoms with E-state index in [4.69, 9.17) is 22.1 Å². The largest absolute Gasteiger partial charge is 0.445 e. The van der Waals surface area contributed by atoms with Crippen LogP contribution < -0.4 is 11.1 Å². The Morgan fingerprint density at radius 2 is 2.43 bits per heavy atom. The summed E-state index contributed by atoms with van der Waals surface area (Å²) in [5.74, 6) is 0.231. The van der Waals surface area contributed by atoms with Crippen molar-refractivity contribution in [2.24, 2.45) is 18.7 Å². The summed E-state index contributed by atoms with van der Waals surface area (Å²) in [6.45, 7) is 1.54. The topological polar surface area (TPSA) is 82.2 Å². The molecule has 2 aromatic heterocycles. The number of aromatic nitrogens is 2. The molecule has 3 rings (SSSR count). The Balaban J connectivity index is 1.89. The molecule has 3 heterocycles. The molecule has 1 aliphatic heterocycles. The first-order chi connectivity index (χ1) is 11.0. The lowest BCUT2D eigenvalue weighted by Crippen LogP contribution is -2.45. The van der Waals surface area contributed by atoms with Crippen LogP contribution in [-0.4, -0.2) is 34.8 Å². The second-order valence-electron chi connectivity index (χ2n) is 5.79. The molecule has 0 saturated carbocycles. The Hall–Kier alpha value is -1.31. The normalized spacial score (nSPS) is 21.5. The molecule has 0 bridgehead atoms. The monoisotopic (exact) mass is 400 g/mol. The SMILES string of the molecule is Cn1c(CC2CCNCC2OC(N)=O)cc2c(Br)c(Cl)ncc21. The maximum absolute atomic E-state index is 11.1. The summed E-state index contributed by atoms with van der Waals surface area (Å²) in [6.07, 6.45) is 2.57. The molecule has 1 aliphatic rings. The lowest BCUT2D eigenvalue weighted by atomic mass is 9.90. The molecule has 2 atom stereocenters. The standard InChI is InChI=1S/C15H18BrClN4O2/c1-21-9(5-10-11(21)6-20-14(17)13(10)16)4-8-2-3-19-7-12(8)23-15(18)22/h5-6,8,12,19H,2-4,7H2,1H3,(H2,18,22). The minimum Gasteiger partial charge on any atom is -0.445 e. The van der Waals surface area contributed by atoms with Crippen LogP contribution in [0.5, 0.6) is 0 Å². The van der Waals surface area contributed by atoms with E-state index >= 15 is 0 Å². The molecular formula is C15H18BrClN4O2. The summed E-state index contributed by atoms with van der Waals surface area (Å²) in [7, 11) is 2.00. The molecule has 124 valence electrons. The van der Waals surface area contributed by atoms with Crippen LogP contribution in [0.2, 0.25) is 5.15 Å². The quantitative estimate of drug-likeness (QED) is 0.775. The second-order valence-corrected chi connectivity index (χ2v) is 6.94. The van der Waals surface area contributed by atoms with Gasteiger partial charge in [0.15, 0.2) is 0 Å². The number of hydrogen-bond acceptors (Lipinski definition) is 4. The van der Waals surface area contributed by atoms with E-state index in [2.05, 4.69) is 36.9 Å². The number of amides is 1. The first-order valence-electron chi connectivity index (χ1n) is 7.42. The average Bonchev–Trinajstić information content (AvgIpc) is 2.82. The van der Waals surface area contributed by atoms with Gasteiger partial charge >= 0.3 is 6.09 Å². The molecule has 1 saturated heterocycles. The molecule has 2 aromatic rings. The Morgan fingerprint density at radius 3 is 3.17 bits per heavy atom. The third kappa shape index (κ3) is 3.32. The van der Waals surface area contributed by atoms with Gasteiger partial charge in [-0.25, -0.2) is 9.78 Å². The van der Waals surface area contributed by atoms with Crippen LogP contribution in [0.4, 0.5) is 4.79 Å². The first-order valence-corrected chi connectivity index (χ1v) is 8.59. The number of piperidine rings is 1. The van der Waals surface area contributed by atoms with Crippen molar-refractivity contribution in [3.05, 3.63) is 27.6 Å². The van der Waals surface area contributed by atoms with Crippen LogP contribution in [-0.2, 0) is 18.2 Å². The van der Waals surface area contributed by atoms with Gasteiger partial charge in [0.25, 0.3) is 0 Å². The van der Waals surface area contributed by atoms with Crippen molar-refractivity contribution < 1.29 is 9.53 Å². The molecule has 0 aliphatic carbocycles. The number of hydrogen-bond donors (Lipinski definition) is 2. The van der Waals surface area contributed by atoms with E-state index in [9.17, 15) is 4.79 Å². The third-order valence-electron chi connectivity index (χ3n) is 4.40. The van der Waals surface area contributed by atoms with Crippen molar-refractivity contribution in [2.75, 3.05) is 13.1 Å². The van der Waals surface area contributed by atoms with E-state index in [-0.39, 0.29) is 12.0 Å². The maximum atomic E-state index is 11.1. The minimum absolute atomic E-state index is 0.204. The summed E-state index contributed by atoms with van der Waals surface area (Å²) >= 11 is 9.57. The summed E-state index contributed by atoms with van der Waals surface area (Å²) in [5.41, 5.74) is 7.34. The molecule has 0 aromatic carbocycles. The van der Waals surface area contributed by atoms with Gasteiger partial charge in [0.1, 0.15) is 11.3 Å².